The molecule has 3 atom stereocenters. The van der Waals surface area contributed by atoms with Crippen molar-refractivity contribution in [2.75, 3.05) is 0 Å². The van der Waals surface area contributed by atoms with Gasteiger partial charge in [-0.1, -0.05) is 30.3 Å². The zero-order valence-electron chi connectivity index (χ0n) is 11.3. The smallest absolute Gasteiger partial charge is 0.319 e. The van der Waals surface area contributed by atoms with Crippen LogP contribution < -0.4 is 11.1 Å². The van der Waals surface area contributed by atoms with Crippen LogP contribution in [0.2, 0.25) is 0 Å². The lowest BCUT2D eigenvalue weighted by Gasteiger charge is -2.16. The van der Waals surface area contributed by atoms with Crippen molar-refractivity contribution >= 4 is 28.7 Å². The summed E-state index contributed by atoms with van der Waals surface area (Å²) in [7, 11) is -2.00. The van der Waals surface area contributed by atoms with Gasteiger partial charge >= 0.3 is 12.0 Å². The standard InChI is InChI=1S/C13H16N2O5S/c1-8(11(16)15-13(14)19)21(20)10(12(17)18)7-9-5-3-2-4-6-9/h2-6,8,10H,7H2,1H3,(H,17,18)(H3,14,15,16,19). The van der Waals surface area contributed by atoms with Gasteiger partial charge in [0.1, 0.15) is 10.5 Å². The average Bonchev–Trinajstić information content (AvgIpc) is 2.43. The number of nitrogens with two attached hydrogens (primary N) is 1. The molecule has 1 rings (SSSR count). The van der Waals surface area contributed by atoms with Gasteiger partial charge in [0.05, 0.1) is 0 Å². The number of imide groups is 1. The fourth-order valence-corrected chi connectivity index (χ4v) is 2.99. The molecule has 4 N–H and O–H groups in total. The second kappa shape index (κ2) is 7.53. The predicted molar refractivity (Wildman–Crippen MR) is 76.9 cm³/mol. The third kappa shape index (κ3) is 4.99. The van der Waals surface area contributed by atoms with Crippen molar-refractivity contribution in [2.45, 2.75) is 23.8 Å². The highest BCUT2D eigenvalue weighted by atomic mass is 32.2. The molecule has 0 heterocycles. The van der Waals surface area contributed by atoms with Crippen molar-refractivity contribution in [3.63, 3.8) is 0 Å². The summed E-state index contributed by atoms with van der Waals surface area (Å²) in [6.45, 7) is 1.29. The van der Waals surface area contributed by atoms with E-state index in [-0.39, 0.29) is 6.42 Å². The van der Waals surface area contributed by atoms with Crippen LogP contribution in [0.25, 0.3) is 0 Å². The summed E-state index contributed by atoms with van der Waals surface area (Å²) in [5.41, 5.74) is 5.50. The molecule has 3 amide bonds. The summed E-state index contributed by atoms with van der Waals surface area (Å²) in [5, 5.41) is 8.58. The molecule has 1 aromatic carbocycles. The first-order chi connectivity index (χ1) is 9.82. The summed E-state index contributed by atoms with van der Waals surface area (Å²) in [6.07, 6.45) is 0.0248. The summed E-state index contributed by atoms with van der Waals surface area (Å²) in [5.74, 6) is -2.13. The number of urea groups is 1. The number of carboxylic acids is 1. The van der Waals surface area contributed by atoms with Gasteiger partial charge in [-0.25, -0.2) is 4.79 Å². The largest absolute Gasteiger partial charge is 0.480 e. The Hall–Kier alpha value is -2.22. The van der Waals surface area contributed by atoms with Gasteiger partial charge in [0.2, 0.25) is 5.91 Å². The normalized spacial score (nSPS) is 14.7. The lowest BCUT2D eigenvalue weighted by molar-refractivity contribution is -0.136. The molecule has 114 valence electrons. The first-order valence-corrected chi connectivity index (χ1v) is 7.37. The van der Waals surface area contributed by atoms with E-state index in [9.17, 15) is 23.7 Å². The van der Waals surface area contributed by atoms with E-state index in [4.69, 9.17) is 5.73 Å². The molecule has 0 aromatic heterocycles. The van der Waals surface area contributed by atoms with E-state index in [0.717, 1.165) is 0 Å². The van der Waals surface area contributed by atoms with Crippen molar-refractivity contribution in [1.29, 1.82) is 0 Å². The molecule has 7 nitrogen and oxygen atoms in total. The van der Waals surface area contributed by atoms with E-state index in [1.807, 2.05) is 0 Å². The fraction of sp³-hybridized carbons (Fsp3) is 0.308. The van der Waals surface area contributed by atoms with Gasteiger partial charge in [-0.3, -0.25) is 19.1 Å². The minimum absolute atomic E-state index is 0.0248. The Kier molecular flexibility index (Phi) is 6.04. The van der Waals surface area contributed by atoms with Gasteiger partial charge in [0, 0.05) is 10.8 Å². The van der Waals surface area contributed by atoms with Crippen LogP contribution in [0.5, 0.6) is 0 Å². The zero-order valence-corrected chi connectivity index (χ0v) is 12.1. The maximum absolute atomic E-state index is 12.2. The number of carbonyl (C=O) groups excluding carboxylic acids is 2. The van der Waals surface area contributed by atoms with Gasteiger partial charge < -0.3 is 10.8 Å². The SMILES string of the molecule is CC(C(=O)NC(N)=O)S(=O)C(Cc1ccccc1)C(=O)O. The number of benzene rings is 1. The Morgan fingerprint density at radius 3 is 2.33 bits per heavy atom. The minimum Gasteiger partial charge on any atom is -0.480 e. The monoisotopic (exact) mass is 312 g/mol. The van der Waals surface area contributed by atoms with E-state index in [1.54, 1.807) is 35.6 Å². The van der Waals surface area contributed by atoms with Crippen LogP contribution in [-0.2, 0) is 26.8 Å². The third-order valence-electron chi connectivity index (χ3n) is 2.78. The molecule has 0 saturated carbocycles. The van der Waals surface area contributed by atoms with Crippen molar-refractivity contribution < 1.29 is 23.7 Å². The highest BCUT2D eigenvalue weighted by Gasteiger charge is 2.32. The van der Waals surface area contributed by atoms with Crippen molar-refractivity contribution in [3.05, 3.63) is 35.9 Å². The van der Waals surface area contributed by atoms with Crippen LogP contribution in [-0.4, -0.2) is 37.7 Å². The van der Waals surface area contributed by atoms with E-state index >= 15 is 0 Å². The number of primary amides is 1. The summed E-state index contributed by atoms with van der Waals surface area (Å²) >= 11 is 0. The molecule has 0 radical (unpaired) electrons. The van der Waals surface area contributed by atoms with Crippen LogP contribution in [0.15, 0.2) is 30.3 Å². The molecule has 0 aliphatic carbocycles. The van der Waals surface area contributed by atoms with Gasteiger partial charge in [-0.15, -0.1) is 0 Å². The van der Waals surface area contributed by atoms with Gasteiger partial charge in [-0.05, 0) is 18.9 Å². The van der Waals surface area contributed by atoms with Gasteiger partial charge in [0.15, 0.2) is 0 Å². The highest BCUT2D eigenvalue weighted by molar-refractivity contribution is 7.87. The Balaban J connectivity index is 2.85. The number of hydrogen-bond donors (Lipinski definition) is 3. The molecule has 0 saturated heterocycles. The van der Waals surface area contributed by atoms with E-state index in [1.165, 1.54) is 6.92 Å². The quantitative estimate of drug-likeness (QED) is 0.682. The topological polar surface area (TPSA) is 127 Å². The third-order valence-corrected chi connectivity index (χ3v) is 4.62. The molecular formula is C13H16N2O5S. The van der Waals surface area contributed by atoms with Crippen LogP contribution in [0.1, 0.15) is 12.5 Å². The number of nitrogens with one attached hydrogen (secondary N) is 1. The Labute approximate surface area is 124 Å². The first-order valence-electron chi connectivity index (χ1n) is 6.09. The Morgan fingerprint density at radius 2 is 1.86 bits per heavy atom. The van der Waals surface area contributed by atoms with Crippen LogP contribution in [0.3, 0.4) is 0 Å². The number of carboxylic acid groups (broad SMARTS) is 1. The average molecular weight is 312 g/mol. The summed E-state index contributed by atoms with van der Waals surface area (Å²) in [4.78, 5) is 33.5. The van der Waals surface area contributed by atoms with Crippen LogP contribution >= 0.6 is 0 Å². The highest BCUT2D eigenvalue weighted by Crippen LogP contribution is 2.12. The van der Waals surface area contributed by atoms with E-state index in [2.05, 4.69) is 0 Å². The van der Waals surface area contributed by atoms with Crippen LogP contribution in [0, 0.1) is 0 Å². The maximum atomic E-state index is 12.2. The minimum atomic E-state index is -2.00. The molecule has 0 aliphatic rings. The van der Waals surface area contributed by atoms with Gasteiger partial charge in [0.25, 0.3) is 0 Å². The number of rotatable bonds is 6. The van der Waals surface area contributed by atoms with E-state index in [0.29, 0.717) is 5.56 Å². The second-order valence-electron chi connectivity index (χ2n) is 4.34. The number of amides is 3. The van der Waals surface area contributed by atoms with Crippen molar-refractivity contribution in [3.8, 4) is 0 Å². The molecule has 0 spiro atoms. The second-order valence-corrected chi connectivity index (χ2v) is 6.27. The fourth-order valence-electron chi connectivity index (χ4n) is 1.67. The molecule has 0 aliphatic heterocycles. The Bertz CT molecular complexity index is 561. The maximum Gasteiger partial charge on any atom is 0.319 e. The lowest BCUT2D eigenvalue weighted by Crippen LogP contribution is -2.45. The van der Waals surface area contributed by atoms with Gasteiger partial charge in [-0.2, -0.15) is 0 Å². The molecule has 0 fully saturated rings. The molecule has 3 unspecified atom stereocenters. The number of aliphatic carboxylic acids is 1. The molecule has 0 bridgehead atoms. The van der Waals surface area contributed by atoms with Crippen molar-refractivity contribution in [2.24, 2.45) is 5.73 Å². The molecule has 1 aromatic rings. The first kappa shape index (κ1) is 16.8. The van der Waals surface area contributed by atoms with Crippen molar-refractivity contribution in [1.82, 2.24) is 5.32 Å². The summed E-state index contributed by atoms with van der Waals surface area (Å²) < 4.78 is 12.2. The van der Waals surface area contributed by atoms with E-state index < -0.39 is 39.2 Å². The molecule has 8 heteroatoms. The predicted octanol–water partition coefficient (Wildman–Crippen LogP) is 0.0144. The zero-order chi connectivity index (χ0) is 16.0. The Morgan fingerprint density at radius 1 is 1.29 bits per heavy atom. The number of carbonyl (C=O) groups is 3. The molecule has 21 heavy (non-hydrogen) atoms. The summed E-state index contributed by atoms with van der Waals surface area (Å²) in [6, 6.07) is 7.60. The van der Waals surface area contributed by atoms with Crippen LogP contribution in [0.4, 0.5) is 4.79 Å². The number of hydrogen-bond acceptors (Lipinski definition) is 4. The lowest BCUT2D eigenvalue weighted by atomic mass is 10.1. The molecular weight excluding hydrogens is 296 g/mol.